The third kappa shape index (κ3) is 3.36. The fourth-order valence-electron chi connectivity index (χ4n) is 1.46. The van der Waals surface area contributed by atoms with Gasteiger partial charge in [-0.2, -0.15) is 0 Å². The first-order valence-corrected chi connectivity index (χ1v) is 7.36. The Hall–Kier alpha value is -1.80. The number of hydrogen-bond donors (Lipinski definition) is 1. The summed E-state index contributed by atoms with van der Waals surface area (Å²) in [5.74, 6) is -0.118. The minimum atomic E-state index is -3.43. The highest BCUT2D eigenvalue weighted by molar-refractivity contribution is 7.91. The lowest BCUT2D eigenvalue weighted by molar-refractivity contribution is 0.194. The number of aryl methyl sites for hydroxylation is 1. The minimum absolute atomic E-state index is 0.0471. The van der Waals surface area contributed by atoms with Crippen LogP contribution in [-0.2, 0) is 16.4 Å². The molecular weight excluding hydrogens is 268 g/mol. The molecule has 102 valence electrons. The normalized spacial score (nSPS) is 13.4. The van der Waals surface area contributed by atoms with E-state index in [-0.39, 0.29) is 17.3 Å². The molecule has 2 rings (SSSR count). The van der Waals surface area contributed by atoms with E-state index in [9.17, 15) is 13.5 Å². The lowest BCUT2D eigenvalue weighted by Gasteiger charge is -2.03. The van der Waals surface area contributed by atoms with Gasteiger partial charge in [0.2, 0.25) is 0 Å². The molecule has 8 heteroatoms. The van der Waals surface area contributed by atoms with Gasteiger partial charge in [0, 0.05) is 6.20 Å². The van der Waals surface area contributed by atoms with Gasteiger partial charge < -0.3 is 5.11 Å². The van der Waals surface area contributed by atoms with Crippen LogP contribution in [-0.4, -0.2) is 39.3 Å². The molecule has 0 saturated carbocycles. The predicted molar refractivity (Wildman–Crippen MR) is 66.9 cm³/mol. The quantitative estimate of drug-likeness (QED) is 0.841. The first kappa shape index (κ1) is 13.6. The molecule has 0 aliphatic rings. The molecule has 0 bridgehead atoms. The minimum Gasteiger partial charge on any atom is -0.387 e. The Morgan fingerprint density at radius 1 is 1.42 bits per heavy atom. The fourth-order valence-corrected chi connectivity index (χ4v) is 2.61. The second kappa shape index (κ2) is 5.45. The van der Waals surface area contributed by atoms with Gasteiger partial charge in [0.05, 0.1) is 24.6 Å². The zero-order chi connectivity index (χ0) is 13.9. The van der Waals surface area contributed by atoms with Crippen molar-refractivity contribution in [1.82, 2.24) is 20.0 Å². The molecule has 0 aromatic carbocycles. The molecule has 0 saturated heterocycles. The number of hydrogen-bond acceptors (Lipinski definition) is 6. The molecule has 1 N–H and O–H groups in total. The van der Waals surface area contributed by atoms with Crippen molar-refractivity contribution < 1.29 is 13.5 Å². The average Bonchev–Trinajstić information content (AvgIpc) is 2.87. The maximum atomic E-state index is 12.0. The summed E-state index contributed by atoms with van der Waals surface area (Å²) in [7, 11) is -3.43. The number of aliphatic hydroxyl groups is 1. The molecule has 19 heavy (non-hydrogen) atoms. The van der Waals surface area contributed by atoms with Crippen molar-refractivity contribution in [2.75, 3.05) is 5.75 Å². The summed E-state index contributed by atoms with van der Waals surface area (Å²) < 4.78 is 25.3. The van der Waals surface area contributed by atoms with Crippen LogP contribution in [0.2, 0.25) is 0 Å². The Bertz CT molecular complexity index is 637. The summed E-state index contributed by atoms with van der Waals surface area (Å²) in [5, 5.41) is 16.8. The van der Waals surface area contributed by atoms with E-state index in [0.29, 0.717) is 5.69 Å². The third-order valence-electron chi connectivity index (χ3n) is 2.53. The molecule has 2 aromatic rings. The molecule has 2 heterocycles. The second-order valence-electron chi connectivity index (χ2n) is 4.07. The van der Waals surface area contributed by atoms with Gasteiger partial charge in [0.15, 0.2) is 14.9 Å². The van der Waals surface area contributed by atoms with Crippen LogP contribution in [0.15, 0.2) is 35.6 Å². The van der Waals surface area contributed by atoms with Gasteiger partial charge in [-0.05, 0) is 19.1 Å². The van der Waals surface area contributed by atoms with Crippen molar-refractivity contribution in [2.24, 2.45) is 0 Å². The van der Waals surface area contributed by atoms with Crippen LogP contribution in [0.1, 0.15) is 18.7 Å². The van der Waals surface area contributed by atoms with Crippen molar-refractivity contribution in [1.29, 1.82) is 0 Å². The summed E-state index contributed by atoms with van der Waals surface area (Å²) >= 11 is 0. The van der Waals surface area contributed by atoms with E-state index < -0.39 is 15.9 Å². The van der Waals surface area contributed by atoms with Gasteiger partial charge in [-0.1, -0.05) is 11.3 Å². The van der Waals surface area contributed by atoms with E-state index in [1.54, 1.807) is 19.1 Å². The number of sulfone groups is 1. The van der Waals surface area contributed by atoms with Crippen molar-refractivity contribution in [3.05, 3.63) is 36.3 Å². The van der Waals surface area contributed by atoms with Crippen LogP contribution in [0.5, 0.6) is 0 Å². The first-order chi connectivity index (χ1) is 8.99. The number of aromatic nitrogens is 4. The van der Waals surface area contributed by atoms with E-state index in [0.717, 1.165) is 0 Å². The summed E-state index contributed by atoms with van der Waals surface area (Å²) in [6, 6.07) is 4.74. The van der Waals surface area contributed by atoms with Gasteiger partial charge in [-0.25, -0.2) is 13.4 Å². The van der Waals surface area contributed by atoms with Crippen LogP contribution < -0.4 is 0 Å². The Morgan fingerprint density at radius 3 is 2.79 bits per heavy atom. The van der Waals surface area contributed by atoms with Crippen LogP contribution in [0.4, 0.5) is 0 Å². The number of rotatable bonds is 5. The molecule has 0 radical (unpaired) electrons. The Labute approximate surface area is 110 Å². The van der Waals surface area contributed by atoms with Gasteiger partial charge >= 0.3 is 0 Å². The molecule has 0 aliphatic carbocycles. The van der Waals surface area contributed by atoms with Gasteiger partial charge in [0.1, 0.15) is 5.69 Å². The molecule has 1 atom stereocenters. The monoisotopic (exact) mass is 282 g/mol. The summed E-state index contributed by atoms with van der Waals surface area (Å²) in [6.45, 7) is 1.73. The van der Waals surface area contributed by atoms with Crippen molar-refractivity contribution in [3.63, 3.8) is 0 Å². The van der Waals surface area contributed by atoms with Gasteiger partial charge in [0.25, 0.3) is 0 Å². The highest BCUT2D eigenvalue weighted by atomic mass is 32.2. The Morgan fingerprint density at radius 2 is 2.21 bits per heavy atom. The summed E-state index contributed by atoms with van der Waals surface area (Å²) in [4.78, 5) is 3.82. The molecule has 0 amide bonds. The topological polar surface area (TPSA) is 98.0 Å². The van der Waals surface area contributed by atoms with E-state index >= 15 is 0 Å². The lowest BCUT2D eigenvalue weighted by atomic mass is 10.3. The lowest BCUT2D eigenvalue weighted by Crippen LogP contribution is -2.14. The second-order valence-corrected chi connectivity index (χ2v) is 6.13. The highest BCUT2D eigenvalue weighted by Crippen LogP contribution is 2.09. The standard InChI is InChI=1S/C11H14N4O3S/c1-9(16)10-8-15(14-13-10)6-7-19(17,18)11-4-2-3-5-12-11/h2-5,8-9,16H,6-7H2,1H3. The predicted octanol–water partition coefficient (Wildman–Crippen LogP) is 0.200. The molecule has 2 aromatic heterocycles. The van der Waals surface area contributed by atoms with E-state index in [4.69, 9.17) is 0 Å². The maximum absolute atomic E-state index is 12.0. The number of pyridine rings is 1. The summed E-state index contributed by atoms with van der Waals surface area (Å²) in [5.41, 5.74) is 0.412. The Balaban J connectivity index is 2.06. The number of nitrogens with zero attached hydrogens (tertiary/aromatic N) is 4. The van der Waals surface area contributed by atoms with E-state index in [2.05, 4.69) is 15.3 Å². The van der Waals surface area contributed by atoms with Gasteiger partial charge in [-0.15, -0.1) is 5.10 Å². The van der Waals surface area contributed by atoms with E-state index in [1.807, 2.05) is 0 Å². The SMILES string of the molecule is CC(O)c1cn(CCS(=O)(=O)c2ccccn2)nn1. The largest absolute Gasteiger partial charge is 0.387 e. The third-order valence-corrected chi connectivity index (χ3v) is 4.13. The molecular formula is C11H14N4O3S. The van der Waals surface area contributed by atoms with Crippen LogP contribution in [0.3, 0.4) is 0 Å². The molecule has 0 fully saturated rings. The Kier molecular flexibility index (Phi) is 3.91. The van der Waals surface area contributed by atoms with Crippen LogP contribution >= 0.6 is 0 Å². The molecule has 0 spiro atoms. The fraction of sp³-hybridized carbons (Fsp3) is 0.364. The van der Waals surface area contributed by atoms with E-state index in [1.165, 1.54) is 23.1 Å². The zero-order valence-corrected chi connectivity index (χ0v) is 11.2. The number of aliphatic hydroxyl groups excluding tert-OH is 1. The van der Waals surface area contributed by atoms with Gasteiger partial charge in [-0.3, -0.25) is 4.68 Å². The molecule has 1 unspecified atom stereocenters. The highest BCUT2D eigenvalue weighted by Gasteiger charge is 2.16. The van der Waals surface area contributed by atoms with Crippen LogP contribution in [0, 0.1) is 0 Å². The summed E-state index contributed by atoms with van der Waals surface area (Å²) in [6.07, 6.45) is 2.24. The molecule has 0 aliphatic heterocycles. The first-order valence-electron chi connectivity index (χ1n) is 5.71. The van der Waals surface area contributed by atoms with Crippen LogP contribution in [0.25, 0.3) is 0 Å². The van der Waals surface area contributed by atoms with Crippen molar-refractivity contribution >= 4 is 9.84 Å². The molecule has 7 nitrogen and oxygen atoms in total. The smallest absolute Gasteiger partial charge is 0.197 e. The maximum Gasteiger partial charge on any atom is 0.197 e. The zero-order valence-electron chi connectivity index (χ0n) is 10.3. The van der Waals surface area contributed by atoms with Crippen molar-refractivity contribution in [3.8, 4) is 0 Å². The average molecular weight is 282 g/mol. The van der Waals surface area contributed by atoms with Crippen molar-refractivity contribution in [2.45, 2.75) is 24.6 Å².